The predicted octanol–water partition coefficient (Wildman–Crippen LogP) is 3.58. The van der Waals surface area contributed by atoms with Crippen molar-refractivity contribution in [2.75, 3.05) is 32.8 Å². The number of carboxylic acid groups (broad SMARTS) is 1. The van der Waals surface area contributed by atoms with E-state index < -0.39 is 6.09 Å². The minimum absolute atomic E-state index is 0.191. The molecule has 1 N–H and O–H groups in total. The highest BCUT2D eigenvalue weighted by Gasteiger charge is 2.27. The van der Waals surface area contributed by atoms with Crippen molar-refractivity contribution >= 4 is 6.09 Å². The topological polar surface area (TPSA) is 53.0 Å². The number of unbranched alkanes of at least 4 members (excludes halogenated alkanes) is 1. The van der Waals surface area contributed by atoms with Crippen LogP contribution in [0.4, 0.5) is 4.79 Å². The van der Waals surface area contributed by atoms with Crippen molar-refractivity contribution < 1.29 is 14.6 Å². The van der Waals surface area contributed by atoms with E-state index in [0.717, 1.165) is 38.7 Å². The summed E-state index contributed by atoms with van der Waals surface area (Å²) in [4.78, 5) is 15.3. The van der Waals surface area contributed by atoms with Crippen LogP contribution in [0.1, 0.15) is 64.7 Å². The molecule has 134 valence electrons. The van der Waals surface area contributed by atoms with Crippen molar-refractivity contribution in [1.29, 1.82) is 0 Å². The zero-order valence-electron chi connectivity index (χ0n) is 14.7. The van der Waals surface area contributed by atoms with Gasteiger partial charge in [0.25, 0.3) is 0 Å². The van der Waals surface area contributed by atoms with E-state index in [1.54, 1.807) is 4.90 Å². The maximum Gasteiger partial charge on any atom is 0.407 e. The lowest BCUT2D eigenvalue weighted by Gasteiger charge is -2.34. The molecule has 0 unspecified atom stereocenters. The van der Waals surface area contributed by atoms with Crippen LogP contribution in [0.25, 0.3) is 0 Å². The predicted molar refractivity (Wildman–Crippen MR) is 91.9 cm³/mol. The molecule has 1 saturated carbocycles. The molecule has 2 fully saturated rings. The first-order valence-corrected chi connectivity index (χ1v) is 9.54. The van der Waals surface area contributed by atoms with Gasteiger partial charge in [0.05, 0.1) is 6.10 Å². The van der Waals surface area contributed by atoms with Crippen molar-refractivity contribution in [3.8, 4) is 0 Å². The van der Waals surface area contributed by atoms with E-state index in [-0.39, 0.29) is 6.04 Å². The van der Waals surface area contributed by atoms with Crippen LogP contribution in [0.15, 0.2) is 0 Å². The summed E-state index contributed by atoms with van der Waals surface area (Å²) >= 11 is 0. The lowest BCUT2D eigenvalue weighted by molar-refractivity contribution is 0.00705. The molecule has 0 spiro atoms. The zero-order chi connectivity index (χ0) is 16.5. The van der Waals surface area contributed by atoms with Crippen molar-refractivity contribution in [1.82, 2.24) is 9.80 Å². The maximum atomic E-state index is 11.2. The van der Waals surface area contributed by atoms with E-state index in [1.807, 2.05) is 6.92 Å². The molecule has 2 aliphatic rings. The molecule has 5 nitrogen and oxygen atoms in total. The first-order valence-electron chi connectivity index (χ1n) is 9.54. The van der Waals surface area contributed by atoms with E-state index in [1.165, 1.54) is 45.3 Å². The Hall–Kier alpha value is -0.810. The van der Waals surface area contributed by atoms with Gasteiger partial charge in [-0.25, -0.2) is 4.79 Å². The molecule has 1 heterocycles. The summed E-state index contributed by atoms with van der Waals surface area (Å²) < 4.78 is 6.01. The second-order valence-corrected chi connectivity index (χ2v) is 6.98. The molecule has 1 aliphatic heterocycles. The number of rotatable bonds is 8. The van der Waals surface area contributed by atoms with Crippen LogP contribution in [0.2, 0.25) is 0 Å². The average Bonchev–Trinajstić information content (AvgIpc) is 2.57. The van der Waals surface area contributed by atoms with Gasteiger partial charge in [0, 0.05) is 19.2 Å². The molecule has 0 aromatic heterocycles. The molecule has 1 amide bonds. The molecule has 0 aromatic carbocycles. The fourth-order valence-corrected chi connectivity index (χ4v) is 3.94. The van der Waals surface area contributed by atoms with E-state index >= 15 is 0 Å². The molecule has 0 radical (unpaired) electrons. The van der Waals surface area contributed by atoms with Crippen molar-refractivity contribution in [2.24, 2.45) is 0 Å². The molecular weight excluding hydrogens is 292 g/mol. The van der Waals surface area contributed by atoms with E-state index in [0.29, 0.717) is 12.6 Å². The Morgan fingerprint density at radius 3 is 2.43 bits per heavy atom. The Balaban J connectivity index is 1.52. The number of piperidine rings is 1. The standard InChI is InChI=1S/C18H34N2O3/c1-2-20(18(21)22)16-8-10-17(11-9-16)23-15-7-6-14-19-12-4-3-5-13-19/h16-17H,2-15H2,1H3,(H,21,22). The van der Waals surface area contributed by atoms with Gasteiger partial charge in [-0.15, -0.1) is 0 Å². The Bertz CT molecular complexity index is 337. The summed E-state index contributed by atoms with van der Waals surface area (Å²) in [5, 5.41) is 9.19. The quantitative estimate of drug-likeness (QED) is 0.693. The fourth-order valence-electron chi connectivity index (χ4n) is 3.94. The molecule has 0 aromatic rings. The van der Waals surface area contributed by atoms with Gasteiger partial charge in [0.1, 0.15) is 0 Å². The van der Waals surface area contributed by atoms with Gasteiger partial charge in [-0.05, 0) is 77.9 Å². The SMILES string of the molecule is CCN(C(=O)O)C1CCC(OCCCCN2CCCCC2)CC1. The van der Waals surface area contributed by atoms with Gasteiger partial charge in [-0.1, -0.05) is 6.42 Å². The lowest BCUT2D eigenvalue weighted by atomic mass is 9.92. The zero-order valence-corrected chi connectivity index (χ0v) is 14.7. The first-order chi connectivity index (χ1) is 11.2. The van der Waals surface area contributed by atoms with Gasteiger partial charge in [0.2, 0.25) is 0 Å². The number of likely N-dealkylation sites (tertiary alicyclic amines) is 1. The van der Waals surface area contributed by atoms with Crippen LogP contribution in [0.3, 0.4) is 0 Å². The van der Waals surface area contributed by atoms with Gasteiger partial charge in [-0.3, -0.25) is 0 Å². The Morgan fingerprint density at radius 1 is 1.13 bits per heavy atom. The van der Waals surface area contributed by atoms with Crippen LogP contribution in [0.5, 0.6) is 0 Å². The Labute approximate surface area is 141 Å². The molecule has 1 aliphatic carbocycles. The number of carbonyl (C=O) groups is 1. The third kappa shape index (κ3) is 6.30. The molecule has 23 heavy (non-hydrogen) atoms. The van der Waals surface area contributed by atoms with Crippen LogP contribution in [-0.2, 0) is 4.74 Å². The van der Waals surface area contributed by atoms with Crippen molar-refractivity contribution in [2.45, 2.75) is 76.9 Å². The van der Waals surface area contributed by atoms with Crippen LogP contribution >= 0.6 is 0 Å². The van der Waals surface area contributed by atoms with Gasteiger partial charge < -0.3 is 19.6 Å². The molecule has 1 saturated heterocycles. The fraction of sp³-hybridized carbons (Fsp3) is 0.944. The number of hydrogen-bond acceptors (Lipinski definition) is 3. The van der Waals surface area contributed by atoms with Gasteiger partial charge in [0.15, 0.2) is 0 Å². The Morgan fingerprint density at radius 2 is 1.83 bits per heavy atom. The second kappa shape index (κ2) is 10.1. The number of ether oxygens (including phenoxy) is 1. The number of amides is 1. The highest BCUT2D eigenvalue weighted by Crippen LogP contribution is 2.25. The minimum Gasteiger partial charge on any atom is -0.465 e. The monoisotopic (exact) mass is 326 g/mol. The smallest absolute Gasteiger partial charge is 0.407 e. The third-order valence-corrected chi connectivity index (χ3v) is 5.34. The average molecular weight is 326 g/mol. The molecule has 5 heteroatoms. The number of hydrogen-bond donors (Lipinski definition) is 1. The largest absolute Gasteiger partial charge is 0.465 e. The highest BCUT2D eigenvalue weighted by atomic mass is 16.5. The lowest BCUT2D eigenvalue weighted by Crippen LogP contribution is -2.42. The third-order valence-electron chi connectivity index (χ3n) is 5.34. The van der Waals surface area contributed by atoms with Crippen LogP contribution < -0.4 is 0 Å². The summed E-state index contributed by atoms with van der Waals surface area (Å²) in [6, 6.07) is 0.191. The summed E-state index contributed by atoms with van der Waals surface area (Å²) in [5.74, 6) is 0. The van der Waals surface area contributed by atoms with Gasteiger partial charge in [-0.2, -0.15) is 0 Å². The molecule has 0 atom stereocenters. The summed E-state index contributed by atoms with van der Waals surface area (Å²) in [7, 11) is 0. The van der Waals surface area contributed by atoms with Crippen molar-refractivity contribution in [3.63, 3.8) is 0 Å². The second-order valence-electron chi connectivity index (χ2n) is 6.98. The van der Waals surface area contributed by atoms with Crippen LogP contribution in [0, 0.1) is 0 Å². The Kier molecular flexibility index (Phi) is 8.17. The first kappa shape index (κ1) is 18.5. The molecule has 2 rings (SSSR count). The minimum atomic E-state index is -0.783. The summed E-state index contributed by atoms with van der Waals surface area (Å²) in [6.07, 6.45) is 9.96. The normalized spacial score (nSPS) is 26.1. The molecule has 0 bridgehead atoms. The summed E-state index contributed by atoms with van der Waals surface area (Å²) in [5.41, 5.74) is 0. The van der Waals surface area contributed by atoms with Crippen molar-refractivity contribution in [3.05, 3.63) is 0 Å². The maximum absolute atomic E-state index is 11.2. The number of nitrogens with zero attached hydrogens (tertiary/aromatic N) is 2. The van der Waals surface area contributed by atoms with E-state index in [9.17, 15) is 9.90 Å². The van der Waals surface area contributed by atoms with Gasteiger partial charge >= 0.3 is 6.09 Å². The van der Waals surface area contributed by atoms with E-state index in [2.05, 4.69) is 4.90 Å². The van der Waals surface area contributed by atoms with Crippen LogP contribution in [-0.4, -0.2) is 65.9 Å². The molecular formula is C18H34N2O3. The van der Waals surface area contributed by atoms with E-state index in [4.69, 9.17) is 4.74 Å². The highest BCUT2D eigenvalue weighted by molar-refractivity contribution is 5.65. The summed E-state index contributed by atoms with van der Waals surface area (Å²) in [6.45, 7) is 7.14.